The predicted molar refractivity (Wildman–Crippen MR) is 156 cm³/mol. The Morgan fingerprint density at radius 1 is 0.952 bits per heavy atom. The van der Waals surface area contributed by atoms with Crippen LogP contribution in [0.4, 0.5) is 13.2 Å². The molecule has 42 heavy (non-hydrogen) atoms. The first-order valence-corrected chi connectivity index (χ1v) is 15.6. The molecule has 0 aromatic heterocycles. The maximum atomic E-state index is 14.3. The Balaban J connectivity index is 1.88. The number of methoxy groups -OCH3 is 1. The molecule has 4 atom stereocenters. The molecule has 240 valence electrons. The number of hydrogen-bond acceptors (Lipinski definition) is 6. The van der Waals surface area contributed by atoms with Crippen molar-refractivity contribution in [3.8, 4) is 0 Å². The summed E-state index contributed by atoms with van der Waals surface area (Å²) in [6.07, 6.45) is 9.03. The topological polar surface area (TPSA) is 82.1 Å². The Kier molecular flexibility index (Phi) is 14.3. The Morgan fingerprint density at radius 2 is 1.45 bits per heavy atom. The van der Waals surface area contributed by atoms with Gasteiger partial charge in [-0.25, -0.2) is 4.79 Å². The SMILES string of the molecule is CCCCCCCCCCCCCCC[C@@](C)(O)C[C@]1(C)OC(=O)C[C@@H]1OC(=O)[C@@](OC)(c1ccccc1)C(F)(F)F. The van der Waals surface area contributed by atoms with Crippen molar-refractivity contribution in [2.75, 3.05) is 7.11 Å². The zero-order valence-electron chi connectivity index (χ0n) is 25.9. The van der Waals surface area contributed by atoms with Gasteiger partial charge in [0.25, 0.3) is 5.60 Å². The molecule has 0 aliphatic carbocycles. The summed E-state index contributed by atoms with van der Waals surface area (Å²) in [6.45, 7) is 5.33. The maximum Gasteiger partial charge on any atom is 0.432 e. The van der Waals surface area contributed by atoms with Crippen LogP contribution in [0.5, 0.6) is 0 Å². The zero-order valence-corrected chi connectivity index (χ0v) is 25.9. The molecule has 0 saturated carbocycles. The van der Waals surface area contributed by atoms with E-state index in [2.05, 4.69) is 6.92 Å². The number of hydrogen-bond donors (Lipinski definition) is 1. The van der Waals surface area contributed by atoms with Crippen LogP contribution >= 0.6 is 0 Å². The molecule has 2 rings (SSSR count). The summed E-state index contributed by atoms with van der Waals surface area (Å²) in [7, 11) is 0.789. The fourth-order valence-corrected chi connectivity index (χ4v) is 6.02. The van der Waals surface area contributed by atoms with Gasteiger partial charge in [-0.1, -0.05) is 121 Å². The maximum absolute atomic E-state index is 14.3. The number of aliphatic hydroxyl groups is 1. The van der Waals surface area contributed by atoms with Gasteiger partial charge in [0.15, 0.2) is 6.10 Å². The second-order valence-corrected chi connectivity index (χ2v) is 12.3. The van der Waals surface area contributed by atoms with Crippen LogP contribution in [0, 0.1) is 0 Å². The van der Waals surface area contributed by atoms with Crippen LogP contribution in [-0.2, 0) is 29.4 Å². The van der Waals surface area contributed by atoms with Crippen LogP contribution in [-0.4, -0.2) is 47.6 Å². The first-order chi connectivity index (χ1) is 19.8. The largest absolute Gasteiger partial charge is 0.455 e. The van der Waals surface area contributed by atoms with Crippen LogP contribution in [0.2, 0.25) is 0 Å². The van der Waals surface area contributed by atoms with Crippen molar-refractivity contribution in [3.05, 3.63) is 35.9 Å². The number of cyclic esters (lactones) is 1. The number of rotatable bonds is 20. The highest BCUT2D eigenvalue weighted by Crippen LogP contribution is 2.45. The average Bonchev–Trinajstić information content (AvgIpc) is 3.18. The predicted octanol–water partition coefficient (Wildman–Crippen LogP) is 8.33. The lowest BCUT2D eigenvalue weighted by Gasteiger charge is -2.38. The van der Waals surface area contributed by atoms with E-state index in [1.807, 2.05) is 0 Å². The average molecular weight is 601 g/mol. The van der Waals surface area contributed by atoms with E-state index in [1.165, 1.54) is 82.9 Å². The minimum Gasteiger partial charge on any atom is -0.455 e. The van der Waals surface area contributed by atoms with E-state index in [9.17, 15) is 27.9 Å². The molecule has 0 unspecified atom stereocenters. The van der Waals surface area contributed by atoms with Gasteiger partial charge in [-0.3, -0.25) is 4.79 Å². The minimum atomic E-state index is -5.14. The smallest absolute Gasteiger partial charge is 0.432 e. The summed E-state index contributed by atoms with van der Waals surface area (Å²) in [5.41, 5.74) is -6.58. The Hall–Kier alpha value is -2.13. The third-order valence-electron chi connectivity index (χ3n) is 8.35. The molecule has 1 aliphatic heterocycles. The molecule has 1 N–H and O–H groups in total. The van der Waals surface area contributed by atoms with Crippen LogP contribution in [0.1, 0.15) is 129 Å². The van der Waals surface area contributed by atoms with Gasteiger partial charge in [0.1, 0.15) is 5.60 Å². The fourth-order valence-electron chi connectivity index (χ4n) is 6.02. The van der Waals surface area contributed by atoms with Gasteiger partial charge >= 0.3 is 18.1 Å². The number of carbonyl (C=O) groups is 2. The summed E-state index contributed by atoms with van der Waals surface area (Å²) in [5, 5.41) is 11.1. The molecule has 6 nitrogen and oxygen atoms in total. The second kappa shape index (κ2) is 16.6. The van der Waals surface area contributed by atoms with E-state index in [4.69, 9.17) is 14.2 Å². The number of esters is 2. The molecule has 1 aliphatic rings. The summed E-state index contributed by atoms with van der Waals surface area (Å²) in [4.78, 5) is 25.4. The number of ether oxygens (including phenoxy) is 3. The van der Waals surface area contributed by atoms with Gasteiger partial charge in [0.05, 0.1) is 12.0 Å². The van der Waals surface area contributed by atoms with E-state index < -0.39 is 53.0 Å². The van der Waals surface area contributed by atoms with E-state index in [1.54, 1.807) is 6.92 Å². The van der Waals surface area contributed by atoms with Crippen molar-refractivity contribution in [2.45, 2.75) is 153 Å². The molecule has 1 fully saturated rings. The first kappa shape index (κ1) is 36.1. The molecule has 0 amide bonds. The number of benzene rings is 1. The molecule has 0 spiro atoms. The third-order valence-corrected chi connectivity index (χ3v) is 8.35. The molecule has 1 aromatic carbocycles. The molecule has 1 heterocycles. The lowest BCUT2D eigenvalue weighted by atomic mass is 9.82. The first-order valence-electron chi connectivity index (χ1n) is 15.6. The van der Waals surface area contributed by atoms with Gasteiger partial charge in [-0.15, -0.1) is 0 Å². The Morgan fingerprint density at radius 3 is 1.93 bits per heavy atom. The highest BCUT2D eigenvalue weighted by atomic mass is 19.4. The quantitative estimate of drug-likeness (QED) is 0.120. The molecule has 0 radical (unpaired) electrons. The van der Waals surface area contributed by atoms with Crippen molar-refractivity contribution < 1.29 is 42.1 Å². The van der Waals surface area contributed by atoms with E-state index in [0.717, 1.165) is 44.9 Å². The molecule has 9 heteroatoms. The van der Waals surface area contributed by atoms with Gasteiger partial charge in [-0.05, 0) is 20.3 Å². The van der Waals surface area contributed by atoms with Crippen LogP contribution in [0.3, 0.4) is 0 Å². The molecule has 1 saturated heterocycles. The Bertz CT molecular complexity index is 951. The van der Waals surface area contributed by atoms with Crippen LogP contribution in [0.25, 0.3) is 0 Å². The van der Waals surface area contributed by atoms with Gasteiger partial charge in [0.2, 0.25) is 0 Å². The Labute approximate surface area is 249 Å². The third kappa shape index (κ3) is 10.2. The van der Waals surface area contributed by atoms with Crippen molar-refractivity contribution in [1.29, 1.82) is 0 Å². The summed E-state index contributed by atoms with van der Waals surface area (Å²) in [6, 6.07) is 6.51. The highest BCUT2D eigenvalue weighted by molar-refractivity contribution is 5.84. The highest BCUT2D eigenvalue weighted by Gasteiger charge is 2.65. The molecule has 0 bridgehead atoms. The number of carbonyl (C=O) groups excluding carboxylic acids is 2. The van der Waals surface area contributed by atoms with E-state index in [-0.39, 0.29) is 6.42 Å². The zero-order chi connectivity index (χ0) is 31.3. The van der Waals surface area contributed by atoms with E-state index >= 15 is 0 Å². The van der Waals surface area contributed by atoms with Crippen molar-refractivity contribution in [3.63, 3.8) is 0 Å². The monoisotopic (exact) mass is 600 g/mol. The van der Waals surface area contributed by atoms with Crippen molar-refractivity contribution >= 4 is 11.9 Å². The fraction of sp³-hybridized carbons (Fsp3) is 0.758. The molecule has 1 aromatic rings. The van der Waals surface area contributed by atoms with Gasteiger partial charge in [0, 0.05) is 19.1 Å². The second-order valence-electron chi connectivity index (χ2n) is 12.3. The van der Waals surface area contributed by atoms with E-state index in [0.29, 0.717) is 6.42 Å². The van der Waals surface area contributed by atoms with Crippen LogP contribution in [0.15, 0.2) is 30.3 Å². The van der Waals surface area contributed by atoms with Gasteiger partial charge in [-0.2, -0.15) is 13.2 Å². The summed E-state index contributed by atoms with van der Waals surface area (Å²) < 4.78 is 58.6. The standard InChI is InChI=1S/C33H51F3O6/c1-5-6-7-8-9-10-11-12-13-14-15-16-20-23-30(2,39)25-31(3)27(24-28(37)42-31)41-29(38)32(40-4,33(34,35)36)26-21-18-17-19-22-26/h17-19,21-22,27,39H,5-16,20,23-25H2,1-4H3/t27-,30+,31-,32-/m0/s1. The van der Waals surface area contributed by atoms with Crippen molar-refractivity contribution in [2.24, 2.45) is 0 Å². The lowest BCUT2D eigenvalue weighted by Crippen LogP contribution is -2.54. The summed E-state index contributed by atoms with van der Waals surface area (Å²) >= 11 is 0. The van der Waals surface area contributed by atoms with Gasteiger partial charge < -0.3 is 19.3 Å². The lowest BCUT2D eigenvalue weighted by molar-refractivity contribution is -0.280. The number of alkyl halides is 3. The molecular formula is C33H51F3O6. The molecular weight excluding hydrogens is 549 g/mol. The van der Waals surface area contributed by atoms with Crippen molar-refractivity contribution in [1.82, 2.24) is 0 Å². The minimum absolute atomic E-state index is 0.0840. The normalized spacial score (nSPS) is 21.9. The number of halogens is 3. The van der Waals surface area contributed by atoms with Crippen LogP contribution < -0.4 is 0 Å². The summed E-state index contributed by atoms with van der Waals surface area (Å²) in [5.74, 6) is -2.39. The number of unbranched alkanes of at least 4 members (excludes halogenated alkanes) is 12.